The second-order valence-corrected chi connectivity index (χ2v) is 11.5. The van der Waals surface area contributed by atoms with Gasteiger partial charge in [0.05, 0.1) is 39.1 Å². The maximum atomic E-state index is 13.2. The molecule has 4 aliphatic carbocycles. The number of methoxy groups -OCH3 is 1. The minimum Gasteiger partial charge on any atom is -0.432 e. The molecular formula is C29H42O9. The zero-order valence-corrected chi connectivity index (χ0v) is 22.8. The number of hydrogen-bond acceptors (Lipinski definition) is 9. The molecule has 3 saturated carbocycles. The molecule has 0 saturated heterocycles. The predicted molar refractivity (Wildman–Crippen MR) is 137 cm³/mol. The van der Waals surface area contributed by atoms with Crippen molar-refractivity contribution in [3.63, 3.8) is 0 Å². The van der Waals surface area contributed by atoms with E-state index in [1.54, 1.807) is 19.3 Å². The average molecular weight is 535 g/mol. The summed E-state index contributed by atoms with van der Waals surface area (Å²) in [6.07, 6.45) is 7.83. The molecule has 7 unspecified atom stereocenters. The molecule has 7 atom stereocenters. The summed E-state index contributed by atoms with van der Waals surface area (Å²) in [6.45, 7) is 5.98. The molecule has 3 fully saturated rings. The van der Waals surface area contributed by atoms with Crippen molar-refractivity contribution in [2.75, 3.05) is 53.4 Å². The van der Waals surface area contributed by atoms with Crippen molar-refractivity contribution < 1.29 is 43.2 Å². The topological polar surface area (TPSA) is 118 Å². The van der Waals surface area contributed by atoms with Gasteiger partial charge in [-0.25, -0.2) is 4.79 Å². The summed E-state index contributed by atoms with van der Waals surface area (Å²) in [6, 6.07) is 0. The van der Waals surface area contributed by atoms with Crippen molar-refractivity contribution in [2.24, 2.45) is 34.5 Å². The standard InChI is InChI=1S/C29H42O9/c1-28-9-8-20(30)16-19(28)4-5-21-22-6-7-23(29(22,2)17-24(31)26(21)28)25(32)18-38-27(33)37-15-14-36-13-12-35-11-10-34-3/h8-9,16,21-24,26,31H,4-7,10-15,17-18H2,1-3H3. The third-order valence-corrected chi connectivity index (χ3v) is 9.47. The summed E-state index contributed by atoms with van der Waals surface area (Å²) in [7, 11) is 1.60. The molecule has 0 aliphatic heterocycles. The number of aliphatic hydroxyl groups excluding tert-OH is 1. The molecule has 4 aliphatic rings. The van der Waals surface area contributed by atoms with Gasteiger partial charge in [0, 0.05) is 24.4 Å². The van der Waals surface area contributed by atoms with E-state index in [-0.39, 0.29) is 60.0 Å². The number of ether oxygens (including phenoxy) is 5. The van der Waals surface area contributed by atoms with Gasteiger partial charge < -0.3 is 28.8 Å². The number of Topliss-reactive ketones (excluding diaryl/α,β-unsaturated/α-hetero) is 1. The SMILES string of the molecule is COCCOCCOCCOC(=O)OCC(=O)C1CCC2C3CCC4=CC(=O)C=CC4(C)C3C(O)CC12C. The van der Waals surface area contributed by atoms with E-state index in [0.29, 0.717) is 38.8 Å². The monoisotopic (exact) mass is 534 g/mol. The summed E-state index contributed by atoms with van der Waals surface area (Å²) in [5.74, 6) is 0.240. The highest BCUT2D eigenvalue weighted by molar-refractivity contribution is 6.01. The van der Waals surface area contributed by atoms with Gasteiger partial charge in [-0.05, 0) is 61.5 Å². The molecule has 9 nitrogen and oxygen atoms in total. The van der Waals surface area contributed by atoms with E-state index in [1.165, 1.54) is 0 Å². The zero-order chi connectivity index (χ0) is 27.3. The van der Waals surface area contributed by atoms with Gasteiger partial charge in [0.2, 0.25) is 0 Å². The highest BCUT2D eigenvalue weighted by Crippen LogP contribution is 2.66. The maximum absolute atomic E-state index is 13.2. The normalized spacial score (nSPS) is 35.6. The van der Waals surface area contributed by atoms with E-state index >= 15 is 0 Å². The summed E-state index contributed by atoms with van der Waals surface area (Å²) >= 11 is 0. The van der Waals surface area contributed by atoms with Gasteiger partial charge in [-0.1, -0.05) is 25.5 Å². The lowest BCUT2D eigenvalue weighted by Gasteiger charge is -2.58. The first-order valence-electron chi connectivity index (χ1n) is 13.8. The first-order valence-corrected chi connectivity index (χ1v) is 13.8. The van der Waals surface area contributed by atoms with Crippen molar-refractivity contribution in [2.45, 2.75) is 52.1 Å². The Morgan fingerprint density at radius 3 is 2.45 bits per heavy atom. The molecule has 4 rings (SSSR count). The minimum atomic E-state index is -0.889. The Hall–Kier alpha value is -2.07. The molecule has 0 aromatic rings. The zero-order valence-electron chi connectivity index (χ0n) is 22.8. The molecule has 0 spiro atoms. The van der Waals surface area contributed by atoms with Crippen LogP contribution in [0, 0.1) is 34.5 Å². The number of allylic oxidation sites excluding steroid dienone is 4. The molecule has 9 heteroatoms. The third-order valence-electron chi connectivity index (χ3n) is 9.47. The van der Waals surface area contributed by atoms with Crippen LogP contribution in [0.2, 0.25) is 0 Å². The number of hydrogen-bond donors (Lipinski definition) is 1. The van der Waals surface area contributed by atoms with Gasteiger partial charge in [0.15, 0.2) is 18.2 Å². The summed E-state index contributed by atoms with van der Waals surface area (Å²) in [5, 5.41) is 11.4. The Bertz CT molecular complexity index is 942. The van der Waals surface area contributed by atoms with Crippen LogP contribution in [0.4, 0.5) is 4.79 Å². The molecular weight excluding hydrogens is 492 g/mol. The Balaban J connectivity index is 1.25. The fourth-order valence-electron chi connectivity index (χ4n) is 7.77. The fourth-order valence-corrected chi connectivity index (χ4v) is 7.77. The van der Waals surface area contributed by atoms with Crippen molar-refractivity contribution in [3.8, 4) is 0 Å². The van der Waals surface area contributed by atoms with E-state index in [2.05, 4.69) is 13.8 Å². The molecule has 0 radical (unpaired) electrons. The highest BCUT2D eigenvalue weighted by Gasteiger charge is 2.62. The second-order valence-electron chi connectivity index (χ2n) is 11.5. The first kappa shape index (κ1) is 28.9. The first-order chi connectivity index (χ1) is 18.2. The van der Waals surface area contributed by atoms with Crippen LogP contribution in [0.3, 0.4) is 0 Å². The number of fused-ring (bicyclic) bond motifs is 5. The van der Waals surface area contributed by atoms with Gasteiger partial charge in [0.1, 0.15) is 6.61 Å². The van der Waals surface area contributed by atoms with E-state index in [9.17, 15) is 19.5 Å². The molecule has 0 amide bonds. The quantitative estimate of drug-likeness (QED) is 0.297. The van der Waals surface area contributed by atoms with E-state index in [4.69, 9.17) is 23.7 Å². The third kappa shape index (κ3) is 5.91. The number of ketones is 2. The molecule has 0 heterocycles. The molecule has 0 aromatic carbocycles. The van der Waals surface area contributed by atoms with Crippen LogP contribution in [0.1, 0.15) is 46.0 Å². The molecule has 0 bridgehead atoms. The van der Waals surface area contributed by atoms with Crippen LogP contribution in [0.25, 0.3) is 0 Å². The van der Waals surface area contributed by atoms with Gasteiger partial charge in [0.25, 0.3) is 0 Å². The lowest BCUT2D eigenvalue weighted by atomic mass is 9.46. The lowest BCUT2D eigenvalue weighted by Crippen LogP contribution is -2.56. The average Bonchev–Trinajstić information content (AvgIpc) is 3.23. The Kier molecular flexibility index (Phi) is 9.44. The fraction of sp³-hybridized carbons (Fsp3) is 0.759. The van der Waals surface area contributed by atoms with Crippen LogP contribution in [-0.2, 0) is 33.3 Å². The van der Waals surface area contributed by atoms with Gasteiger partial charge >= 0.3 is 6.16 Å². The van der Waals surface area contributed by atoms with Crippen molar-refractivity contribution in [1.82, 2.24) is 0 Å². The predicted octanol–water partition coefficient (Wildman–Crippen LogP) is 3.28. The van der Waals surface area contributed by atoms with Gasteiger partial charge in [-0.15, -0.1) is 0 Å². The number of rotatable bonds is 12. The molecule has 38 heavy (non-hydrogen) atoms. The van der Waals surface area contributed by atoms with Crippen molar-refractivity contribution >= 4 is 17.7 Å². The summed E-state index contributed by atoms with van der Waals surface area (Å²) in [5.41, 5.74) is 0.440. The van der Waals surface area contributed by atoms with Crippen LogP contribution >= 0.6 is 0 Å². The Morgan fingerprint density at radius 1 is 1.00 bits per heavy atom. The van der Waals surface area contributed by atoms with Crippen molar-refractivity contribution in [1.29, 1.82) is 0 Å². The maximum Gasteiger partial charge on any atom is 0.508 e. The summed E-state index contributed by atoms with van der Waals surface area (Å²) in [4.78, 5) is 37.2. The van der Waals surface area contributed by atoms with Crippen LogP contribution in [0.15, 0.2) is 23.8 Å². The largest absolute Gasteiger partial charge is 0.508 e. The van der Waals surface area contributed by atoms with Crippen molar-refractivity contribution in [3.05, 3.63) is 23.8 Å². The molecule has 1 N–H and O–H groups in total. The number of carbonyl (C=O) groups excluding carboxylic acids is 3. The molecule has 0 aromatic heterocycles. The highest BCUT2D eigenvalue weighted by atomic mass is 16.7. The smallest absolute Gasteiger partial charge is 0.432 e. The molecule has 212 valence electrons. The second kappa shape index (κ2) is 12.4. The number of aliphatic hydroxyl groups is 1. The van der Waals surface area contributed by atoms with Crippen LogP contribution in [0.5, 0.6) is 0 Å². The van der Waals surface area contributed by atoms with Gasteiger partial charge in [-0.2, -0.15) is 0 Å². The Labute approximate surface area is 224 Å². The minimum absolute atomic E-state index is 0.0203. The Morgan fingerprint density at radius 2 is 1.71 bits per heavy atom. The number of carbonyl (C=O) groups is 3. The van der Waals surface area contributed by atoms with Gasteiger partial charge in [-0.3, -0.25) is 9.59 Å². The lowest BCUT2D eigenvalue weighted by molar-refractivity contribution is -0.142. The van der Waals surface area contributed by atoms with E-state index in [0.717, 1.165) is 31.3 Å². The van der Waals surface area contributed by atoms with Crippen LogP contribution < -0.4 is 0 Å². The van der Waals surface area contributed by atoms with Crippen LogP contribution in [-0.4, -0.2) is 82.3 Å². The van der Waals surface area contributed by atoms with E-state index in [1.807, 2.05) is 6.08 Å². The summed E-state index contributed by atoms with van der Waals surface area (Å²) < 4.78 is 25.6. The van der Waals surface area contributed by atoms with E-state index < -0.39 is 12.3 Å².